The highest BCUT2D eigenvalue weighted by Gasteiger charge is 2.47. The second kappa shape index (κ2) is 7.84. The Morgan fingerprint density at radius 3 is 2.56 bits per heavy atom. The lowest BCUT2D eigenvalue weighted by molar-refractivity contribution is 0.0774. The summed E-state index contributed by atoms with van der Waals surface area (Å²) in [5, 5.41) is 10.2. The average molecular weight is 464 g/mol. The smallest absolute Gasteiger partial charge is 0.226 e. The Morgan fingerprint density at radius 2 is 1.84 bits per heavy atom. The standard InChI is InChI=1S/C24H19Cl2N5O/c1-14-19(17-6-9-28-22(26)20(17)25)18(13-27)30-23(29-14)31-10-7-24(8-11-31)12-15-4-2-3-5-16(15)21(24)32/h2-6,9H,7-8,10-12H2,1H3. The van der Waals surface area contributed by atoms with E-state index in [0.717, 1.165) is 30.4 Å². The highest BCUT2D eigenvalue weighted by Crippen LogP contribution is 2.45. The van der Waals surface area contributed by atoms with Crippen LogP contribution >= 0.6 is 23.2 Å². The molecule has 3 heterocycles. The number of halogens is 2. The van der Waals surface area contributed by atoms with E-state index < -0.39 is 0 Å². The van der Waals surface area contributed by atoms with Crippen LogP contribution in [0.2, 0.25) is 10.2 Å². The molecule has 5 rings (SSSR count). The van der Waals surface area contributed by atoms with Gasteiger partial charge < -0.3 is 4.90 Å². The number of ketones is 1. The Hall–Kier alpha value is -3.01. The van der Waals surface area contributed by atoms with Crippen molar-refractivity contribution in [3.05, 3.63) is 69.2 Å². The van der Waals surface area contributed by atoms with Crippen molar-refractivity contribution in [1.82, 2.24) is 15.0 Å². The summed E-state index contributed by atoms with van der Waals surface area (Å²) in [6, 6.07) is 11.8. The number of aromatic nitrogens is 3. The molecule has 1 spiro atoms. The Morgan fingerprint density at radius 1 is 1.09 bits per heavy atom. The number of aryl methyl sites for hydroxylation is 1. The van der Waals surface area contributed by atoms with Crippen molar-refractivity contribution in [3.63, 3.8) is 0 Å². The lowest BCUT2D eigenvalue weighted by atomic mass is 9.75. The van der Waals surface area contributed by atoms with E-state index in [-0.39, 0.29) is 27.1 Å². The normalized spacial score (nSPS) is 16.8. The van der Waals surface area contributed by atoms with E-state index in [4.69, 9.17) is 23.2 Å². The van der Waals surface area contributed by atoms with Gasteiger partial charge in [-0.3, -0.25) is 4.79 Å². The molecule has 32 heavy (non-hydrogen) atoms. The maximum atomic E-state index is 13.1. The number of nitrogens with zero attached hydrogens (tertiary/aromatic N) is 5. The second-order valence-electron chi connectivity index (χ2n) is 8.34. The summed E-state index contributed by atoms with van der Waals surface area (Å²) in [5.41, 5.74) is 3.68. The van der Waals surface area contributed by atoms with Gasteiger partial charge in [-0.25, -0.2) is 15.0 Å². The number of nitriles is 1. The molecule has 0 amide bonds. The quantitative estimate of drug-likeness (QED) is 0.494. The Balaban J connectivity index is 1.43. The fourth-order valence-corrected chi connectivity index (χ4v) is 5.24. The first-order valence-electron chi connectivity index (χ1n) is 10.4. The number of fused-ring (bicyclic) bond motifs is 1. The molecule has 1 aliphatic heterocycles. The number of hydrogen-bond acceptors (Lipinski definition) is 6. The van der Waals surface area contributed by atoms with Crippen LogP contribution in [0.4, 0.5) is 5.95 Å². The fraction of sp³-hybridized carbons (Fsp3) is 0.292. The predicted octanol–water partition coefficient (Wildman–Crippen LogP) is 5.05. The first kappa shape index (κ1) is 20.9. The van der Waals surface area contributed by atoms with Crippen LogP contribution in [0.5, 0.6) is 0 Å². The van der Waals surface area contributed by atoms with Gasteiger partial charge in [-0.15, -0.1) is 0 Å². The molecule has 6 nitrogen and oxygen atoms in total. The maximum absolute atomic E-state index is 13.1. The summed E-state index contributed by atoms with van der Waals surface area (Å²) in [7, 11) is 0. The summed E-state index contributed by atoms with van der Waals surface area (Å²) in [5.74, 6) is 0.749. The fourth-order valence-electron chi connectivity index (χ4n) is 4.88. The van der Waals surface area contributed by atoms with Crippen LogP contribution in [-0.4, -0.2) is 33.8 Å². The van der Waals surface area contributed by atoms with E-state index in [1.807, 2.05) is 25.1 Å². The van der Waals surface area contributed by atoms with Crippen molar-refractivity contribution in [1.29, 1.82) is 5.26 Å². The molecule has 8 heteroatoms. The molecular weight excluding hydrogens is 445 g/mol. The molecule has 0 atom stereocenters. The second-order valence-corrected chi connectivity index (χ2v) is 9.07. The first-order chi connectivity index (χ1) is 15.4. The maximum Gasteiger partial charge on any atom is 0.226 e. The molecule has 1 aromatic carbocycles. The van der Waals surface area contributed by atoms with Crippen LogP contribution in [0.3, 0.4) is 0 Å². The van der Waals surface area contributed by atoms with Gasteiger partial charge in [0.25, 0.3) is 0 Å². The first-order valence-corrected chi connectivity index (χ1v) is 11.2. The SMILES string of the molecule is Cc1nc(N2CCC3(CC2)Cc2ccccc2C3=O)nc(C#N)c1-c1ccnc(Cl)c1Cl. The molecule has 0 radical (unpaired) electrons. The number of rotatable bonds is 2. The number of pyridine rings is 1. The average Bonchev–Trinajstić information content (AvgIpc) is 3.07. The van der Waals surface area contributed by atoms with Crippen molar-refractivity contribution < 1.29 is 4.79 Å². The highest BCUT2D eigenvalue weighted by molar-refractivity contribution is 6.43. The molecule has 1 fully saturated rings. The van der Waals surface area contributed by atoms with Crippen LogP contribution < -0.4 is 4.90 Å². The van der Waals surface area contributed by atoms with E-state index in [1.165, 1.54) is 0 Å². The minimum Gasteiger partial charge on any atom is -0.341 e. The minimum absolute atomic E-state index is 0.167. The zero-order valence-electron chi connectivity index (χ0n) is 17.4. The topological polar surface area (TPSA) is 82.8 Å². The van der Waals surface area contributed by atoms with Gasteiger partial charge in [0.2, 0.25) is 5.95 Å². The number of piperidine rings is 1. The summed E-state index contributed by atoms with van der Waals surface area (Å²) >= 11 is 12.4. The van der Waals surface area contributed by atoms with Gasteiger partial charge >= 0.3 is 0 Å². The van der Waals surface area contributed by atoms with Gasteiger partial charge in [-0.1, -0.05) is 47.5 Å². The lowest BCUT2D eigenvalue weighted by Crippen LogP contribution is -2.44. The number of hydrogen-bond donors (Lipinski definition) is 0. The van der Waals surface area contributed by atoms with E-state index in [1.54, 1.807) is 12.3 Å². The Bertz CT molecular complexity index is 1290. The minimum atomic E-state index is -0.339. The number of Topliss-reactive ketones (excluding diaryl/α,β-unsaturated/α-hetero) is 1. The predicted molar refractivity (Wildman–Crippen MR) is 123 cm³/mol. The number of benzene rings is 1. The number of carbonyl (C=O) groups excluding carboxylic acids is 1. The van der Waals surface area contributed by atoms with Crippen molar-refractivity contribution in [3.8, 4) is 17.2 Å². The van der Waals surface area contributed by atoms with Crippen LogP contribution in [0.15, 0.2) is 36.5 Å². The molecule has 0 unspecified atom stereocenters. The van der Waals surface area contributed by atoms with Gasteiger partial charge in [0, 0.05) is 41.4 Å². The Labute approximate surface area is 195 Å². The molecule has 0 bridgehead atoms. The molecule has 1 aliphatic carbocycles. The third-order valence-corrected chi connectivity index (χ3v) is 7.34. The van der Waals surface area contributed by atoms with Crippen molar-refractivity contribution >= 4 is 34.9 Å². The summed E-state index contributed by atoms with van der Waals surface area (Å²) in [6.07, 6.45) is 3.80. The van der Waals surface area contributed by atoms with E-state index in [2.05, 4.69) is 32.0 Å². The summed E-state index contributed by atoms with van der Waals surface area (Å²) in [6.45, 7) is 3.14. The molecule has 1 saturated heterocycles. The van der Waals surface area contributed by atoms with Crippen molar-refractivity contribution in [2.75, 3.05) is 18.0 Å². The van der Waals surface area contributed by atoms with Gasteiger partial charge in [-0.2, -0.15) is 5.26 Å². The third kappa shape index (κ3) is 3.24. The summed E-state index contributed by atoms with van der Waals surface area (Å²) in [4.78, 5) is 28.4. The lowest BCUT2D eigenvalue weighted by Gasteiger charge is -2.38. The zero-order valence-corrected chi connectivity index (χ0v) is 18.9. The van der Waals surface area contributed by atoms with Crippen LogP contribution in [0.25, 0.3) is 11.1 Å². The van der Waals surface area contributed by atoms with Crippen LogP contribution in [-0.2, 0) is 6.42 Å². The third-order valence-electron chi connectivity index (χ3n) is 6.58. The monoisotopic (exact) mass is 463 g/mol. The highest BCUT2D eigenvalue weighted by atomic mass is 35.5. The molecule has 0 N–H and O–H groups in total. The van der Waals surface area contributed by atoms with E-state index in [0.29, 0.717) is 35.9 Å². The van der Waals surface area contributed by atoms with Crippen molar-refractivity contribution in [2.24, 2.45) is 5.41 Å². The van der Waals surface area contributed by atoms with Gasteiger partial charge in [-0.05, 0) is 37.8 Å². The number of anilines is 1. The molecule has 2 aliphatic rings. The molecule has 3 aromatic rings. The Kier molecular flexibility index (Phi) is 5.11. The van der Waals surface area contributed by atoms with Crippen LogP contribution in [0, 0.1) is 23.7 Å². The molecule has 160 valence electrons. The van der Waals surface area contributed by atoms with E-state index >= 15 is 0 Å². The van der Waals surface area contributed by atoms with E-state index in [9.17, 15) is 10.1 Å². The largest absolute Gasteiger partial charge is 0.341 e. The van der Waals surface area contributed by atoms with Gasteiger partial charge in [0.15, 0.2) is 11.5 Å². The van der Waals surface area contributed by atoms with Crippen LogP contribution in [0.1, 0.15) is 40.2 Å². The molecule has 0 saturated carbocycles. The molecule has 2 aromatic heterocycles. The summed E-state index contributed by atoms with van der Waals surface area (Å²) < 4.78 is 0. The zero-order chi connectivity index (χ0) is 22.5. The number of carbonyl (C=O) groups is 1. The van der Waals surface area contributed by atoms with Crippen molar-refractivity contribution in [2.45, 2.75) is 26.2 Å². The van der Waals surface area contributed by atoms with Gasteiger partial charge in [0.05, 0.1) is 10.7 Å². The molecular formula is C24H19Cl2N5O. The van der Waals surface area contributed by atoms with Gasteiger partial charge in [0.1, 0.15) is 11.2 Å².